The summed E-state index contributed by atoms with van der Waals surface area (Å²) in [5.74, 6) is 1.39. The fourth-order valence-electron chi connectivity index (χ4n) is 2.55. The molecule has 0 bridgehead atoms. The van der Waals surface area contributed by atoms with Gasteiger partial charge in [-0.15, -0.1) is 11.3 Å². The third-order valence-corrected chi connectivity index (χ3v) is 4.56. The fraction of sp³-hybridized carbons (Fsp3) is 0.368. The molecular formula is C19H24N2O3S. The zero-order valence-electron chi connectivity index (χ0n) is 15.3. The molecule has 2 heterocycles. The fourth-order valence-corrected chi connectivity index (χ4v) is 3.17. The Labute approximate surface area is 152 Å². The number of thiazole rings is 1. The second-order valence-electron chi connectivity index (χ2n) is 5.28. The number of hydrogen-bond donors (Lipinski definition) is 0. The highest BCUT2D eigenvalue weighted by Crippen LogP contribution is 2.33. The van der Waals surface area contributed by atoms with Gasteiger partial charge in [-0.05, 0) is 36.3 Å². The number of nitrogens with zero attached hydrogens (tertiary/aromatic N) is 2. The summed E-state index contributed by atoms with van der Waals surface area (Å²) in [4.78, 5) is 18.5. The average molecular weight is 360 g/mol. The molecule has 1 aliphatic heterocycles. The zero-order valence-corrected chi connectivity index (χ0v) is 16.1. The summed E-state index contributed by atoms with van der Waals surface area (Å²) in [5.41, 5.74) is 2.90. The first-order valence-electron chi connectivity index (χ1n) is 8.24. The van der Waals surface area contributed by atoms with E-state index < -0.39 is 0 Å². The van der Waals surface area contributed by atoms with E-state index >= 15 is 0 Å². The molecule has 1 aromatic heterocycles. The minimum absolute atomic E-state index is 0.0342. The topological polar surface area (TPSA) is 51.7 Å². The standard InChI is InChI=1S/C17H18N2O3S.C2H6/c1-11-18-14(10-23-11)8-17(20)19-5-4-12-6-15(21-2)16(22-3)7-13(12)9-19;1-2/h4-7,10H,8-9H2,1-3H3;1-2H3. The number of carbonyl (C=O) groups is 1. The SMILES string of the molecule is CC.COc1cc2c(cc1OC)CN(C(=O)Cc1csc(C)n1)C=C2. The van der Waals surface area contributed by atoms with Gasteiger partial charge in [0.05, 0.1) is 37.9 Å². The van der Waals surface area contributed by atoms with Crippen molar-refractivity contribution in [2.24, 2.45) is 0 Å². The first-order valence-corrected chi connectivity index (χ1v) is 9.12. The molecule has 0 radical (unpaired) electrons. The number of hydrogen-bond acceptors (Lipinski definition) is 5. The third kappa shape index (κ3) is 4.39. The van der Waals surface area contributed by atoms with E-state index in [4.69, 9.17) is 9.47 Å². The van der Waals surface area contributed by atoms with Crippen molar-refractivity contribution < 1.29 is 14.3 Å². The summed E-state index contributed by atoms with van der Waals surface area (Å²) < 4.78 is 10.6. The molecule has 1 amide bonds. The lowest BCUT2D eigenvalue weighted by molar-refractivity contribution is -0.128. The second kappa shape index (κ2) is 8.67. The zero-order chi connectivity index (χ0) is 18.4. The molecule has 6 heteroatoms. The Morgan fingerprint density at radius 3 is 2.52 bits per heavy atom. The van der Waals surface area contributed by atoms with Crippen molar-refractivity contribution in [3.05, 3.63) is 45.5 Å². The Morgan fingerprint density at radius 2 is 1.92 bits per heavy atom. The number of benzene rings is 1. The number of fused-ring (bicyclic) bond motifs is 1. The van der Waals surface area contributed by atoms with Gasteiger partial charge >= 0.3 is 0 Å². The molecule has 0 fully saturated rings. The number of carbonyl (C=O) groups excluding carboxylic acids is 1. The monoisotopic (exact) mass is 360 g/mol. The highest BCUT2D eigenvalue weighted by molar-refractivity contribution is 7.09. The van der Waals surface area contributed by atoms with Gasteiger partial charge in [0.25, 0.3) is 0 Å². The molecule has 134 valence electrons. The van der Waals surface area contributed by atoms with Gasteiger partial charge < -0.3 is 14.4 Å². The van der Waals surface area contributed by atoms with Gasteiger partial charge in [-0.1, -0.05) is 13.8 Å². The van der Waals surface area contributed by atoms with Crippen molar-refractivity contribution in [3.8, 4) is 11.5 Å². The number of ether oxygens (including phenoxy) is 2. The molecule has 1 aromatic carbocycles. The maximum atomic E-state index is 12.4. The predicted molar refractivity (Wildman–Crippen MR) is 101 cm³/mol. The first kappa shape index (κ1) is 19.0. The van der Waals surface area contributed by atoms with E-state index in [1.54, 1.807) is 30.5 Å². The Hall–Kier alpha value is -2.34. The van der Waals surface area contributed by atoms with Crippen LogP contribution in [0.1, 0.15) is 35.7 Å². The van der Waals surface area contributed by atoms with Gasteiger partial charge in [0.1, 0.15) is 0 Å². The van der Waals surface area contributed by atoms with E-state index in [0.29, 0.717) is 24.5 Å². The van der Waals surface area contributed by atoms with Gasteiger partial charge in [0.2, 0.25) is 5.91 Å². The minimum atomic E-state index is 0.0342. The number of rotatable bonds is 4. The first-order chi connectivity index (χ1) is 12.1. The molecule has 5 nitrogen and oxygen atoms in total. The summed E-state index contributed by atoms with van der Waals surface area (Å²) in [6.07, 6.45) is 4.05. The van der Waals surface area contributed by atoms with Crippen LogP contribution in [0.3, 0.4) is 0 Å². The van der Waals surface area contributed by atoms with E-state index in [-0.39, 0.29) is 5.91 Å². The van der Waals surface area contributed by atoms with Gasteiger partial charge in [0.15, 0.2) is 11.5 Å². The summed E-state index contributed by atoms with van der Waals surface area (Å²) in [5, 5.41) is 2.91. The van der Waals surface area contributed by atoms with Crippen LogP contribution < -0.4 is 9.47 Å². The molecule has 0 atom stereocenters. The highest BCUT2D eigenvalue weighted by atomic mass is 32.1. The van der Waals surface area contributed by atoms with Crippen molar-refractivity contribution in [1.82, 2.24) is 9.88 Å². The van der Waals surface area contributed by atoms with Crippen LogP contribution in [0.4, 0.5) is 0 Å². The van der Waals surface area contributed by atoms with Crippen molar-refractivity contribution >= 4 is 23.3 Å². The number of methoxy groups -OCH3 is 2. The van der Waals surface area contributed by atoms with Crippen LogP contribution in [0.15, 0.2) is 23.7 Å². The second-order valence-corrected chi connectivity index (χ2v) is 6.34. The summed E-state index contributed by atoms with van der Waals surface area (Å²) >= 11 is 1.56. The van der Waals surface area contributed by atoms with E-state index in [1.165, 1.54) is 0 Å². The average Bonchev–Trinajstić information content (AvgIpc) is 3.06. The number of aryl methyl sites for hydroxylation is 1. The van der Waals surface area contributed by atoms with E-state index in [0.717, 1.165) is 21.8 Å². The quantitative estimate of drug-likeness (QED) is 0.825. The van der Waals surface area contributed by atoms with Crippen LogP contribution >= 0.6 is 11.3 Å². The van der Waals surface area contributed by atoms with Gasteiger partial charge in [0, 0.05) is 11.6 Å². The summed E-state index contributed by atoms with van der Waals surface area (Å²) in [7, 11) is 3.22. The van der Waals surface area contributed by atoms with Gasteiger partial charge in [-0.3, -0.25) is 4.79 Å². The van der Waals surface area contributed by atoms with Gasteiger partial charge in [-0.2, -0.15) is 0 Å². The molecular weight excluding hydrogens is 336 g/mol. The molecule has 3 rings (SSSR count). The molecule has 0 N–H and O–H groups in total. The lowest BCUT2D eigenvalue weighted by Gasteiger charge is -2.24. The van der Waals surface area contributed by atoms with Crippen LogP contribution in [0.25, 0.3) is 6.08 Å². The van der Waals surface area contributed by atoms with Crippen molar-refractivity contribution in [2.75, 3.05) is 14.2 Å². The molecule has 0 aliphatic carbocycles. The van der Waals surface area contributed by atoms with Crippen LogP contribution in [0.2, 0.25) is 0 Å². The van der Waals surface area contributed by atoms with Crippen molar-refractivity contribution in [2.45, 2.75) is 33.7 Å². The molecule has 0 saturated heterocycles. The van der Waals surface area contributed by atoms with Crippen molar-refractivity contribution in [3.63, 3.8) is 0 Å². The summed E-state index contributed by atoms with van der Waals surface area (Å²) in [6, 6.07) is 3.85. The largest absolute Gasteiger partial charge is 0.493 e. The lowest BCUT2D eigenvalue weighted by Crippen LogP contribution is -2.28. The molecule has 0 unspecified atom stereocenters. The molecule has 0 saturated carbocycles. The van der Waals surface area contributed by atoms with Crippen LogP contribution in [0.5, 0.6) is 11.5 Å². The molecule has 25 heavy (non-hydrogen) atoms. The smallest absolute Gasteiger partial charge is 0.232 e. The Balaban J connectivity index is 0.00000109. The Bertz CT molecular complexity index is 768. The maximum Gasteiger partial charge on any atom is 0.232 e. The molecule has 0 spiro atoms. The van der Waals surface area contributed by atoms with E-state index in [2.05, 4.69) is 4.98 Å². The van der Waals surface area contributed by atoms with E-state index in [1.807, 2.05) is 50.6 Å². The highest BCUT2D eigenvalue weighted by Gasteiger charge is 2.20. The molecule has 2 aromatic rings. The summed E-state index contributed by atoms with van der Waals surface area (Å²) in [6.45, 7) is 6.46. The Kier molecular flexibility index (Phi) is 6.58. The molecule has 1 aliphatic rings. The van der Waals surface area contributed by atoms with Crippen molar-refractivity contribution in [1.29, 1.82) is 0 Å². The normalized spacial score (nSPS) is 12.1. The number of amides is 1. The predicted octanol–water partition coefficient (Wildman–Crippen LogP) is 4.05. The Morgan fingerprint density at radius 1 is 1.24 bits per heavy atom. The van der Waals surface area contributed by atoms with Crippen LogP contribution in [-0.2, 0) is 17.8 Å². The van der Waals surface area contributed by atoms with Crippen LogP contribution in [-0.4, -0.2) is 30.0 Å². The third-order valence-electron chi connectivity index (χ3n) is 3.74. The minimum Gasteiger partial charge on any atom is -0.493 e. The van der Waals surface area contributed by atoms with Gasteiger partial charge in [-0.25, -0.2) is 4.98 Å². The van der Waals surface area contributed by atoms with Crippen LogP contribution in [0, 0.1) is 6.92 Å². The maximum absolute atomic E-state index is 12.4. The lowest BCUT2D eigenvalue weighted by atomic mass is 10.0. The van der Waals surface area contributed by atoms with E-state index in [9.17, 15) is 4.79 Å². The number of aromatic nitrogens is 1.